The summed E-state index contributed by atoms with van der Waals surface area (Å²) in [6.45, 7) is 5.10. The molecule has 0 radical (unpaired) electrons. The van der Waals surface area contributed by atoms with Crippen molar-refractivity contribution >= 4 is 5.69 Å². The van der Waals surface area contributed by atoms with Crippen LogP contribution in [0.5, 0.6) is 5.75 Å². The van der Waals surface area contributed by atoms with Crippen LogP contribution >= 0.6 is 0 Å². The van der Waals surface area contributed by atoms with Crippen molar-refractivity contribution in [3.8, 4) is 5.75 Å². The highest BCUT2D eigenvalue weighted by molar-refractivity contribution is 5.51. The maximum Gasteiger partial charge on any atom is 0.125 e. The second-order valence-corrected chi connectivity index (χ2v) is 4.46. The molecular formula is C14H19N3O. The lowest BCUT2D eigenvalue weighted by atomic mass is 10.2. The molecule has 0 amide bonds. The van der Waals surface area contributed by atoms with Gasteiger partial charge in [0.1, 0.15) is 11.6 Å². The highest BCUT2D eigenvalue weighted by Gasteiger charge is 2.12. The van der Waals surface area contributed by atoms with Crippen molar-refractivity contribution in [1.29, 1.82) is 0 Å². The Kier molecular flexibility index (Phi) is 3.87. The molecule has 0 saturated carbocycles. The minimum Gasteiger partial charge on any atom is -0.497 e. The summed E-state index contributed by atoms with van der Waals surface area (Å²) < 4.78 is 5.27. The molecule has 0 spiro atoms. The molecule has 0 aliphatic rings. The highest BCUT2D eigenvalue weighted by Crippen LogP contribution is 2.23. The molecule has 1 heterocycles. The molecule has 18 heavy (non-hydrogen) atoms. The predicted molar refractivity (Wildman–Crippen MR) is 72.9 cm³/mol. The van der Waals surface area contributed by atoms with Gasteiger partial charge in [-0.25, -0.2) is 4.98 Å². The Morgan fingerprint density at radius 2 is 2.22 bits per heavy atom. The summed E-state index contributed by atoms with van der Waals surface area (Å²) in [5.41, 5.74) is 1.14. The standard InChI is InChI=1S/C14H19N3O/c1-11(2)17(10-14-15-7-8-16-14)12-5-4-6-13(9-12)18-3/h4-9,11H,10H2,1-3H3,(H,15,16). The van der Waals surface area contributed by atoms with E-state index in [1.54, 1.807) is 13.3 Å². The topological polar surface area (TPSA) is 41.1 Å². The Hall–Kier alpha value is -1.97. The number of nitrogens with zero attached hydrogens (tertiary/aromatic N) is 2. The quantitative estimate of drug-likeness (QED) is 0.880. The van der Waals surface area contributed by atoms with Gasteiger partial charge in [-0.3, -0.25) is 0 Å². The van der Waals surface area contributed by atoms with Crippen LogP contribution in [0.15, 0.2) is 36.7 Å². The van der Waals surface area contributed by atoms with Gasteiger partial charge in [0, 0.05) is 30.2 Å². The summed E-state index contributed by atoms with van der Waals surface area (Å²) in [4.78, 5) is 9.69. The number of hydrogen-bond acceptors (Lipinski definition) is 3. The van der Waals surface area contributed by atoms with Crippen LogP contribution < -0.4 is 9.64 Å². The van der Waals surface area contributed by atoms with Gasteiger partial charge in [-0.15, -0.1) is 0 Å². The monoisotopic (exact) mass is 245 g/mol. The van der Waals surface area contributed by atoms with E-state index in [4.69, 9.17) is 4.74 Å². The Morgan fingerprint density at radius 3 is 2.83 bits per heavy atom. The van der Waals surface area contributed by atoms with Crippen LogP contribution in [0, 0.1) is 0 Å². The predicted octanol–water partition coefficient (Wildman–Crippen LogP) is 2.83. The number of rotatable bonds is 5. The molecule has 4 heteroatoms. The second-order valence-electron chi connectivity index (χ2n) is 4.46. The maximum atomic E-state index is 5.27. The lowest BCUT2D eigenvalue weighted by Crippen LogP contribution is -2.30. The minimum atomic E-state index is 0.391. The van der Waals surface area contributed by atoms with Gasteiger partial charge < -0.3 is 14.6 Å². The second kappa shape index (κ2) is 5.58. The number of anilines is 1. The number of methoxy groups -OCH3 is 1. The van der Waals surface area contributed by atoms with Crippen LogP contribution in [-0.4, -0.2) is 23.1 Å². The molecule has 96 valence electrons. The number of ether oxygens (including phenoxy) is 1. The minimum absolute atomic E-state index is 0.391. The van der Waals surface area contributed by atoms with Crippen molar-refractivity contribution in [2.45, 2.75) is 26.4 Å². The third-order valence-electron chi connectivity index (χ3n) is 2.88. The summed E-state index contributed by atoms with van der Waals surface area (Å²) in [5.74, 6) is 1.84. The van der Waals surface area contributed by atoms with Gasteiger partial charge in [0.25, 0.3) is 0 Å². The summed E-state index contributed by atoms with van der Waals surface area (Å²) in [5, 5.41) is 0. The highest BCUT2D eigenvalue weighted by atomic mass is 16.5. The Labute approximate surface area is 108 Å². The number of aromatic amines is 1. The average Bonchev–Trinajstić information content (AvgIpc) is 2.88. The summed E-state index contributed by atoms with van der Waals surface area (Å²) in [6, 6.07) is 8.48. The fraction of sp³-hybridized carbons (Fsp3) is 0.357. The van der Waals surface area contributed by atoms with Crippen LogP contribution in [0.3, 0.4) is 0 Å². The molecule has 2 aromatic rings. The van der Waals surface area contributed by atoms with Gasteiger partial charge in [-0.1, -0.05) is 6.07 Å². The Morgan fingerprint density at radius 1 is 1.39 bits per heavy atom. The Bertz CT molecular complexity index is 480. The number of hydrogen-bond donors (Lipinski definition) is 1. The number of nitrogens with one attached hydrogen (secondary N) is 1. The van der Waals surface area contributed by atoms with Crippen LogP contribution in [0.1, 0.15) is 19.7 Å². The van der Waals surface area contributed by atoms with Crippen LogP contribution in [0.25, 0.3) is 0 Å². The third-order valence-corrected chi connectivity index (χ3v) is 2.88. The first kappa shape index (κ1) is 12.5. The van der Waals surface area contributed by atoms with E-state index in [9.17, 15) is 0 Å². The fourth-order valence-corrected chi connectivity index (χ4v) is 1.91. The van der Waals surface area contributed by atoms with Gasteiger partial charge in [0.15, 0.2) is 0 Å². The molecule has 0 fully saturated rings. The molecule has 0 atom stereocenters. The molecule has 1 N–H and O–H groups in total. The average molecular weight is 245 g/mol. The molecule has 0 unspecified atom stereocenters. The van der Waals surface area contributed by atoms with Gasteiger partial charge in [-0.2, -0.15) is 0 Å². The van der Waals surface area contributed by atoms with E-state index in [1.807, 2.05) is 24.4 Å². The first-order valence-electron chi connectivity index (χ1n) is 6.09. The van der Waals surface area contributed by atoms with E-state index >= 15 is 0 Å². The van der Waals surface area contributed by atoms with Crippen LogP contribution in [0.2, 0.25) is 0 Å². The van der Waals surface area contributed by atoms with Gasteiger partial charge in [0.05, 0.1) is 13.7 Å². The largest absolute Gasteiger partial charge is 0.497 e. The van der Waals surface area contributed by atoms with E-state index in [2.05, 4.69) is 34.8 Å². The fourth-order valence-electron chi connectivity index (χ4n) is 1.91. The number of benzene rings is 1. The maximum absolute atomic E-state index is 5.27. The van der Waals surface area contributed by atoms with Crippen molar-refractivity contribution < 1.29 is 4.74 Å². The molecule has 1 aromatic heterocycles. The number of imidazole rings is 1. The van der Waals surface area contributed by atoms with Crippen molar-refractivity contribution in [2.75, 3.05) is 12.0 Å². The zero-order chi connectivity index (χ0) is 13.0. The summed E-state index contributed by atoms with van der Waals surface area (Å²) in [6.07, 6.45) is 3.62. The zero-order valence-electron chi connectivity index (χ0n) is 11.1. The molecule has 0 aliphatic heterocycles. The normalized spacial score (nSPS) is 10.7. The van der Waals surface area contributed by atoms with Gasteiger partial charge in [-0.05, 0) is 26.0 Å². The SMILES string of the molecule is COc1cccc(N(Cc2ncc[nH]2)C(C)C)c1. The van der Waals surface area contributed by atoms with Gasteiger partial charge >= 0.3 is 0 Å². The summed E-state index contributed by atoms with van der Waals surface area (Å²) in [7, 11) is 1.69. The summed E-state index contributed by atoms with van der Waals surface area (Å²) >= 11 is 0. The van der Waals surface area contributed by atoms with E-state index in [1.165, 1.54) is 0 Å². The van der Waals surface area contributed by atoms with E-state index in [0.29, 0.717) is 6.04 Å². The first-order valence-corrected chi connectivity index (χ1v) is 6.09. The van der Waals surface area contributed by atoms with E-state index in [0.717, 1.165) is 23.8 Å². The third kappa shape index (κ3) is 2.83. The van der Waals surface area contributed by atoms with Crippen molar-refractivity contribution in [1.82, 2.24) is 9.97 Å². The van der Waals surface area contributed by atoms with E-state index in [-0.39, 0.29) is 0 Å². The lowest BCUT2D eigenvalue weighted by molar-refractivity contribution is 0.414. The molecule has 2 rings (SSSR count). The molecule has 0 bridgehead atoms. The molecule has 0 saturated heterocycles. The molecule has 0 aliphatic carbocycles. The molecule has 4 nitrogen and oxygen atoms in total. The first-order chi connectivity index (χ1) is 8.70. The number of H-pyrrole nitrogens is 1. The Balaban J connectivity index is 2.23. The number of aromatic nitrogens is 2. The van der Waals surface area contributed by atoms with Crippen LogP contribution in [0.4, 0.5) is 5.69 Å². The van der Waals surface area contributed by atoms with Crippen molar-refractivity contribution in [3.05, 3.63) is 42.5 Å². The molecular weight excluding hydrogens is 226 g/mol. The van der Waals surface area contributed by atoms with E-state index < -0.39 is 0 Å². The van der Waals surface area contributed by atoms with Crippen molar-refractivity contribution in [3.63, 3.8) is 0 Å². The van der Waals surface area contributed by atoms with Crippen LogP contribution in [-0.2, 0) is 6.54 Å². The zero-order valence-corrected chi connectivity index (χ0v) is 11.1. The van der Waals surface area contributed by atoms with Gasteiger partial charge in [0.2, 0.25) is 0 Å². The molecule has 1 aromatic carbocycles. The smallest absolute Gasteiger partial charge is 0.125 e. The lowest BCUT2D eigenvalue weighted by Gasteiger charge is -2.28. The van der Waals surface area contributed by atoms with Crippen molar-refractivity contribution in [2.24, 2.45) is 0 Å².